The zero-order valence-electron chi connectivity index (χ0n) is 17.0. The van der Waals surface area contributed by atoms with Crippen molar-refractivity contribution in [3.63, 3.8) is 0 Å². The highest BCUT2D eigenvalue weighted by molar-refractivity contribution is 7.89. The van der Waals surface area contributed by atoms with E-state index in [9.17, 15) is 22.4 Å². The molecule has 2 amide bonds. The summed E-state index contributed by atoms with van der Waals surface area (Å²) in [4.78, 5) is 23.8. The summed E-state index contributed by atoms with van der Waals surface area (Å²) in [5.74, 6) is -0.930. The Hall–Kier alpha value is -2.78. The molecule has 3 N–H and O–H groups in total. The van der Waals surface area contributed by atoms with Gasteiger partial charge in [-0.1, -0.05) is 18.2 Å². The maximum absolute atomic E-state index is 12.8. The number of hydrogen-bond donors (Lipinski definition) is 3. The molecular formula is C21H26FN3O4S. The normalized spacial score (nSPS) is 11.2. The fourth-order valence-corrected chi connectivity index (χ4v) is 3.72. The van der Waals surface area contributed by atoms with Gasteiger partial charge in [-0.15, -0.1) is 0 Å². The van der Waals surface area contributed by atoms with E-state index in [2.05, 4.69) is 15.4 Å². The fraction of sp³-hybridized carbons (Fsp3) is 0.333. The molecule has 2 rings (SSSR count). The molecule has 0 aliphatic heterocycles. The highest BCUT2D eigenvalue weighted by Crippen LogP contribution is 2.14. The summed E-state index contributed by atoms with van der Waals surface area (Å²) in [6, 6.07) is 10.5. The minimum atomic E-state index is -3.67. The summed E-state index contributed by atoms with van der Waals surface area (Å²) in [7, 11) is -3.67. The van der Waals surface area contributed by atoms with E-state index in [1.54, 1.807) is 12.1 Å². The number of amides is 2. The molecule has 0 bridgehead atoms. The van der Waals surface area contributed by atoms with E-state index in [1.165, 1.54) is 30.3 Å². The molecule has 0 unspecified atom stereocenters. The second-order valence-corrected chi connectivity index (χ2v) is 8.66. The van der Waals surface area contributed by atoms with Gasteiger partial charge in [0.15, 0.2) is 0 Å². The summed E-state index contributed by atoms with van der Waals surface area (Å²) in [5, 5.41) is 5.27. The molecule has 162 valence electrons. The van der Waals surface area contributed by atoms with Gasteiger partial charge in [0.25, 0.3) is 0 Å². The van der Waals surface area contributed by atoms with Gasteiger partial charge >= 0.3 is 0 Å². The lowest BCUT2D eigenvalue weighted by atomic mass is 10.1. The van der Waals surface area contributed by atoms with Crippen LogP contribution in [0.2, 0.25) is 0 Å². The second kappa shape index (κ2) is 10.8. The van der Waals surface area contributed by atoms with Gasteiger partial charge < -0.3 is 10.6 Å². The molecule has 0 saturated carbocycles. The van der Waals surface area contributed by atoms with Gasteiger partial charge in [0.05, 0.1) is 11.3 Å². The molecule has 2 aromatic carbocycles. The smallest absolute Gasteiger partial charge is 0.240 e. The number of hydrogen-bond acceptors (Lipinski definition) is 4. The Labute approximate surface area is 176 Å². The number of rotatable bonds is 10. The summed E-state index contributed by atoms with van der Waals surface area (Å²) < 4.78 is 39.8. The molecule has 0 fully saturated rings. The fourth-order valence-electron chi connectivity index (χ4n) is 2.61. The third-order valence-corrected chi connectivity index (χ3v) is 5.94. The molecule has 0 aromatic heterocycles. The summed E-state index contributed by atoms with van der Waals surface area (Å²) in [5.41, 5.74) is 2.56. The van der Waals surface area contributed by atoms with Gasteiger partial charge in [-0.3, -0.25) is 9.59 Å². The summed E-state index contributed by atoms with van der Waals surface area (Å²) in [6.07, 6.45) is 0.0993. The van der Waals surface area contributed by atoms with Gasteiger partial charge in [0.1, 0.15) is 5.82 Å². The summed E-state index contributed by atoms with van der Waals surface area (Å²) in [6.45, 7) is 4.16. The number of nitrogens with one attached hydrogen (secondary N) is 3. The van der Waals surface area contributed by atoms with Gasteiger partial charge in [-0.05, 0) is 54.8 Å². The average Bonchev–Trinajstić information content (AvgIpc) is 2.69. The van der Waals surface area contributed by atoms with Gasteiger partial charge in [-0.25, -0.2) is 17.5 Å². The Morgan fingerprint density at radius 3 is 2.13 bits per heavy atom. The highest BCUT2D eigenvalue weighted by Gasteiger charge is 2.14. The molecule has 0 spiro atoms. The van der Waals surface area contributed by atoms with Crippen LogP contribution in [0.25, 0.3) is 0 Å². The van der Waals surface area contributed by atoms with E-state index in [4.69, 9.17) is 0 Å². The molecule has 0 saturated heterocycles. The number of sulfonamides is 1. The van der Waals surface area contributed by atoms with Crippen LogP contribution in [0.3, 0.4) is 0 Å². The van der Waals surface area contributed by atoms with Gasteiger partial charge in [0, 0.05) is 26.1 Å². The maximum atomic E-state index is 12.8. The van der Waals surface area contributed by atoms with Crippen LogP contribution >= 0.6 is 0 Å². The molecule has 0 atom stereocenters. The van der Waals surface area contributed by atoms with Crippen LogP contribution in [-0.2, 0) is 26.0 Å². The Balaban J connectivity index is 1.64. The number of carbonyl (C=O) groups is 2. The summed E-state index contributed by atoms with van der Waals surface area (Å²) >= 11 is 0. The zero-order valence-corrected chi connectivity index (χ0v) is 17.8. The predicted molar refractivity (Wildman–Crippen MR) is 112 cm³/mol. The highest BCUT2D eigenvalue weighted by atomic mass is 32.2. The van der Waals surface area contributed by atoms with Crippen molar-refractivity contribution >= 4 is 21.8 Å². The zero-order chi connectivity index (χ0) is 22.1. The van der Waals surface area contributed by atoms with E-state index < -0.39 is 10.0 Å². The lowest BCUT2D eigenvalue weighted by molar-refractivity contribution is -0.122. The van der Waals surface area contributed by atoms with Gasteiger partial charge in [0.2, 0.25) is 21.8 Å². The molecule has 0 aliphatic rings. The third kappa shape index (κ3) is 7.57. The van der Waals surface area contributed by atoms with E-state index in [-0.39, 0.29) is 55.0 Å². The van der Waals surface area contributed by atoms with Crippen molar-refractivity contribution < 1.29 is 22.4 Å². The van der Waals surface area contributed by atoms with Crippen LogP contribution in [0.15, 0.2) is 47.4 Å². The van der Waals surface area contributed by atoms with Crippen LogP contribution in [-0.4, -0.2) is 39.9 Å². The van der Waals surface area contributed by atoms with Gasteiger partial charge in [-0.2, -0.15) is 0 Å². The first-order chi connectivity index (χ1) is 14.2. The topological polar surface area (TPSA) is 104 Å². The monoisotopic (exact) mass is 435 g/mol. The number of benzene rings is 2. The van der Waals surface area contributed by atoms with Crippen molar-refractivity contribution in [2.75, 3.05) is 19.6 Å². The maximum Gasteiger partial charge on any atom is 0.240 e. The Morgan fingerprint density at radius 1 is 0.867 bits per heavy atom. The van der Waals surface area contributed by atoms with E-state index >= 15 is 0 Å². The van der Waals surface area contributed by atoms with Crippen LogP contribution < -0.4 is 15.4 Å². The molecule has 9 heteroatoms. The molecular weight excluding hydrogens is 409 g/mol. The molecule has 0 heterocycles. The van der Waals surface area contributed by atoms with E-state index in [0.717, 1.165) is 11.1 Å². The lowest BCUT2D eigenvalue weighted by Crippen LogP contribution is -2.36. The molecule has 30 heavy (non-hydrogen) atoms. The second-order valence-electron chi connectivity index (χ2n) is 6.90. The lowest BCUT2D eigenvalue weighted by Gasteiger charge is -2.10. The van der Waals surface area contributed by atoms with Crippen molar-refractivity contribution in [2.24, 2.45) is 0 Å². The number of halogens is 1. The molecule has 0 radical (unpaired) electrons. The van der Waals surface area contributed by atoms with Crippen molar-refractivity contribution in [2.45, 2.75) is 31.6 Å². The van der Waals surface area contributed by atoms with Crippen molar-refractivity contribution in [3.8, 4) is 0 Å². The minimum Gasteiger partial charge on any atom is -0.354 e. The molecule has 2 aromatic rings. The van der Waals surface area contributed by atoms with E-state index in [1.807, 2.05) is 13.8 Å². The van der Waals surface area contributed by atoms with Crippen molar-refractivity contribution in [1.29, 1.82) is 0 Å². The van der Waals surface area contributed by atoms with Crippen molar-refractivity contribution in [1.82, 2.24) is 15.4 Å². The Morgan fingerprint density at radius 2 is 1.50 bits per heavy atom. The van der Waals surface area contributed by atoms with E-state index in [0.29, 0.717) is 5.56 Å². The quantitative estimate of drug-likeness (QED) is 0.493. The SMILES string of the molecule is Cc1ccc(S(=O)(=O)NCCC(=O)NCCNC(=O)Cc2ccc(F)cc2)cc1C. The third-order valence-electron chi connectivity index (χ3n) is 4.48. The first kappa shape index (κ1) is 23.5. The largest absolute Gasteiger partial charge is 0.354 e. The van der Waals surface area contributed by atoms with Crippen molar-refractivity contribution in [3.05, 3.63) is 65.0 Å². The first-order valence-electron chi connectivity index (χ1n) is 9.52. The predicted octanol–water partition coefficient (Wildman–Crippen LogP) is 1.59. The first-order valence-corrected chi connectivity index (χ1v) is 11.0. The number of aryl methyl sites for hydroxylation is 2. The number of carbonyl (C=O) groups excluding carboxylic acids is 2. The van der Waals surface area contributed by atoms with Crippen LogP contribution in [0.1, 0.15) is 23.1 Å². The molecule has 0 aliphatic carbocycles. The van der Waals surface area contributed by atoms with Crippen LogP contribution in [0, 0.1) is 19.7 Å². The Kier molecular flexibility index (Phi) is 8.49. The molecule has 7 nitrogen and oxygen atoms in total. The Bertz CT molecular complexity index is 992. The average molecular weight is 436 g/mol. The van der Waals surface area contributed by atoms with Crippen LogP contribution in [0.4, 0.5) is 4.39 Å². The van der Waals surface area contributed by atoms with Crippen LogP contribution in [0.5, 0.6) is 0 Å². The standard InChI is InChI=1S/C21H26FN3O4S/c1-15-3-8-19(13-16(15)2)30(28,29)25-10-9-20(26)23-11-12-24-21(27)14-17-4-6-18(22)7-5-17/h3-8,13,25H,9-12,14H2,1-2H3,(H,23,26)(H,24,27). The minimum absolute atomic E-state index is 0.0202.